The minimum absolute atomic E-state index is 0.120. The fourth-order valence-corrected chi connectivity index (χ4v) is 3.13. The molecule has 0 aliphatic rings. The van der Waals surface area contributed by atoms with Crippen molar-refractivity contribution in [3.05, 3.63) is 42.5 Å². The van der Waals surface area contributed by atoms with E-state index in [1.54, 1.807) is 24.5 Å². The van der Waals surface area contributed by atoms with E-state index < -0.39 is 10.0 Å². The summed E-state index contributed by atoms with van der Waals surface area (Å²) >= 11 is 1.23. The number of hydrogen-bond donors (Lipinski definition) is 1. The van der Waals surface area contributed by atoms with Gasteiger partial charge in [-0.25, -0.2) is 17.7 Å². The second-order valence-electron chi connectivity index (χ2n) is 4.76. The summed E-state index contributed by atoms with van der Waals surface area (Å²) in [5.74, 6) is 0.714. The summed E-state index contributed by atoms with van der Waals surface area (Å²) in [6.45, 7) is 0.333. The molecule has 0 bridgehead atoms. The molecule has 0 unspecified atom stereocenters. The number of sulfonamides is 1. The van der Waals surface area contributed by atoms with Crippen molar-refractivity contribution in [3.63, 3.8) is 0 Å². The summed E-state index contributed by atoms with van der Waals surface area (Å²) in [5.41, 5.74) is 0. The van der Waals surface area contributed by atoms with Crippen molar-refractivity contribution in [2.45, 2.75) is 16.5 Å². The van der Waals surface area contributed by atoms with Gasteiger partial charge in [0.1, 0.15) is 10.7 Å². The molecule has 0 saturated carbocycles. The summed E-state index contributed by atoms with van der Waals surface area (Å²) in [6, 6.07) is 6.59. The van der Waals surface area contributed by atoms with E-state index in [-0.39, 0.29) is 16.6 Å². The van der Waals surface area contributed by atoms with Crippen LogP contribution in [-0.2, 0) is 21.4 Å². The number of pyridine rings is 1. The third kappa shape index (κ3) is 4.81. The maximum Gasteiger partial charge on any atom is 0.244 e. The lowest BCUT2D eigenvalue weighted by Gasteiger charge is -2.11. The van der Waals surface area contributed by atoms with Gasteiger partial charge in [-0.15, -0.1) is 0 Å². The van der Waals surface area contributed by atoms with Crippen LogP contribution in [0, 0.1) is 0 Å². The number of furan rings is 1. The highest BCUT2D eigenvalue weighted by Crippen LogP contribution is 2.18. The van der Waals surface area contributed by atoms with Gasteiger partial charge in [-0.2, -0.15) is 0 Å². The number of thioether (sulfide) groups is 1. The van der Waals surface area contributed by atoms with Gasteiger partial charge in [-0.1, -0.05) is 11.8 Å². The molecular weight excluding hydrogens is 338 g/mol. The van der Waals surface area contributed by atoms with Crippen LogP contribution in [0.15, 0.2) is 51.1 Å². The van der Waals surface area contributed by atoms with Crippen molar-refractivity contribution in [1.82, 2.24) is 14.6 Å². The van der Waals surface area contributed by atoms with Gasteiger partial charge in [-0.3, -0.25) is 4.79 Å². The predicted octanol–water partition coefficient (Wildman–Crippen LogP) is 1.33. The Morgan fingerprint density at radius 3 is 2.70 bits per heavy atom. The van der Waals surface area contributed by atoms with Crippen molar-refractivity contribution in [3.8, 4) is 0 Å². The molecule has 0 aliphatic carbocycles. The van der Waals surface area contributed by atoms with E-state index in [9.17, 15) is 13.2 Å². The lowest BCUT2D eigenvalue weighted by atomic mass is 10.4. The largest absolute Gasteiger partial charge is 0.467 e. The lowest BCUT2D eigenvalue weighted by molar-refractivity contribution is -0.118. The van der Waals surface area contributed by atoms with Crippen molar-refractivity contribution < 1.29 is 17.6 Å². The standard InChI is InChI=1S/C14H17N3O4S2/c1-17(2)23(19,20)12-5-6-14(16-9-12)22-10-13(18)15-8-11-4-3-7-21-11/h3-7,9H,8,10H2,1-2H3,(H,15,18). The first-order chi connectivity index (χ1) is 10.9. The first kappa shape index (κ1) is 17.5. The molecule has 0 fully saturated rings. The van der Waals surface area contributed by atoms with Crippen LogP contribution in [0.5, 0.6) is 0 Å². The zero-order valence-electron chi connectivity index (χ0n) is 12.7. The normalized spacial score (nSPS) is 11.6. The molecule has 1 N–H and O–H groups in total. The molecular formula is C14H17N3O4S2. The highest BCUT2D eigenvalue weighted by molar-refractivity contribution is 7.99. The van der Waals surface area contributed by atoms with Crippen LogP contribution in [0.4, 0.5) is 0 Å². The van der Waals surface area contributed by atoms with Gasteiger partial charge in [0.05, 0.1) is 23.6 Å². The third-order valence-electron chi connectivity index (χ3n) is 2.88. The SMILES string of the molecule is CN(C)S(=O)(=O)c1ccc(SCC(=O)NCc2ccco2)nc1. The Hall–Kier alpha value is -1.84. The van der Waals surface area contributed by atoms with Crippen molar-refractivity contribution in [1.29, 1.82) is 0 Å². The first-order valence-corrected chi connectivity index (χ1v) is 9.12. The summed E-state index contributed by atoms with van der Waals surface area (Å²) in [4.78, 5) is 15.9. The molecule has 7 nitrogen and oxygen atoms in total. The number of nitrogens with one attached hydrogen (secondary N) is 1. The van der Waals surface area contributed by atoms with Crippen LogP contribution in [0.2, 0.25) is 0 Å². The maximum atomic E-state index is 11.9. The molecule has 124 valence electrons. The maximum absolute atomic E-state index is 11.9. The van der Waals surface area contributed by atoms with Crippen LogP contribution in [0.1, 0.15) is 5.76 Å². The Kier molecular flexibility index (Phi) is 5.80. The molecule has 0 aliphatic heterocycles. The minimum atomic E-state index is -3.49. The number of aromatic nitrogens is 1. The molecule has 0 atom stereocenters. The predicted molar refractivity (Wildman–Crippen MR) is 86.4 cm³/mol. The van der Waals surface area contributed by atoms with Crippen LogP contribution in [0.25, 0.3) is 0 Å². The minimum Gasteiger partial charge on any atom is -0.467 e. The van der Waals surface area contributed by atoms with Crippen molar-refractivity contribution in [2.75, 3.05) is 19.8 Å². The molecule has 1 amide bonds. The first-order valence-electron chi connectivity index (χ1n) is 6.70. The molecule has 9 heteroatoms. The Morgan fingerprint density at radius 1 is 1.35 bits per heavy atom. The molecule has 2 heterocycles. The van der Waals surface area contributed by atoms with Crippen LogP contribution in [-0.4, -0.2) is 43.5 Å². The molecule has 2 aromatic rings. The van der Waals surface area contributed by atoms with Gasteiger partial charge in [0.2, 0.25) is 15.9 Å². The van der Waals surface area contributed by atoms with E-state index in [2.05, 4.69) is 10.3 Å². The molecule has 2 rings (SSSR count). The van der Waals surface area contributed by atoms with E-state index in [0.29, 0.717) is 17.3 Å². The van der Waals surface area contributed by atoms with Crippen molar-refractivity contribution in [2.24, 2.45) is 0 Å². The number of hydrogen-bond acceptors (Lipinski definition) is 6. The molecule has 0 spiro atoms. The Labute approximate surface area is 139 Å². The Bertz CT molecular complexity index is 741. The summed E-state index contributed by atoms with van der Waals surface area (Å²) in [5, 5.41) is 3.30. The zero-order valence-corrected chi connectivity index (χ0v) is 14.4. The van der Waals surface area contributed by atoms with Gasteiger partial charge in [0.25, 0.3) is 0 Å². The van der Waals surface area contributed by atoms with Crippen LogP contribution >= 0.6 is 11.8 Å². The van der Waals surface area contributed by atoms with Gasteiger partial charge in [-0.05, 0) is 24.3 Å². The van der Waals surface area contributed by atoms with Crippen LogP contribution in [0.3, 0.4) is 0 Å². The molecule has 2 aromatic heterocycles. The number of carbonyl (C=O) groups excluding carboxylic acids is 1. The van der Waals surface area contributed by atoms with E-state index in [4.69, 9.17) is 4.42 Å². The monoisotopic (exact) mass is 355 g/mol. The number of amides is 1. The lowest BCUT2D eigenvalue weighted by Crippen LogP contribution is -2.24. The average Bonchev–Trinajstić information content (AvgIpc) is 3.04. The molecule has 0 radical (unpaired) electrons. The third-order valence-corrected chi connectivity index (χ3v) is 5.62. The Balaban J connectivity index is 1.85. The van der Waals surface area contributed by atoms with E-state index in [0.717, 1.165) is 4.31 Å². The van der Waals surface area contributed by atoms with E-state index in [1.807, 2.05) is 0 Å². The fourth-order valence-electron chi connectivity index (χ4n) is 1.60. The highest BCUT2D eigenvalue weighted by atomic mass is 32.2. The van der Waals surface area contributed by atoms with Crippen LogP contribution < -0.4 is 5.32 Å². The van der Waals surface area contributed by atoms with Gasteiger partial charge >= 0.3 is 0 Å². The number of nitrogens with zero attached hydrogens (tertiary/aromatic N) is 2. The average molecular weight is 355 g/mol. The smallest absolute Gasteiger partial charge is 0.244 e. The summed E-state index contributed by atoms with van der Waals surface area (Å²) < 4.78 is 30.1. The second kappa shape index (κ2) is 7.62. The quantitative estimate of drug-likeness (QED) is 0.754. The van der Waals surface area contributed by atoms with Gasteiger partial charge in [0.15, 0.2) is 0 Å². The summed E-state index contributed by atoms with van der Waals surface area (Å²) in [7, 11) is -0.567. The number of rotatable bonds is 7. The zero-order chi connectivity index (χ0) is 16.9. The van der Waals surface area contributed by atoms with E-state index in [1.165, 1.54) is 38.1 Å². The fraction of sp³-hybridized carbons (Fsp3) is 0.286. The Morgan fingerprint density at radius 2 is 2.13 bits per heavy atom. The highest BCUT2D eigenvalue weighted by Gasteiger charge is 2.17. The van der Waals surface area contributed by atoms with E-state index >= 15 is 0 Å². The van der Waals surface area contributed by atoms with Crippen molar-refractivity contribution >= 4 is 27.7 Å². The topological polar surface area (TPSA) is 92.5 Å². The molecule has 0 saturated heterocycles. The molecule has 23 heavy (non-hydrogen) atoms. The molecule has 0 aromatic carbocycles. The summed E-state index contributed by atoms with van der Waals surface area (Å²) in [6.07, 6.45) is 2.84. The van der Waals surface area contributed by atoms with Gasteiger partial charge in [0, 0.05) is 20.3 Å². The second-order valence-corrected chi connectivity index (χ2v) is 7.91. The van der Waals surface area contributed by atoms with Gasteiger partial charge < -0.3 is 9.73 Å². The number of carbonyl (C=O) groups is 1.